The molecule has 1 atom stereocenters. The van der Waals surface area contributed by atoms with Crippen LogP contribution in [0.5, 0.6) is 0 Å². The maximum atomic E-state index is 11.2. The quantitative estimate of drug-likeness (QED) is 0.858. The number of nitrogens with zero attached hydrogens (tertiary/aromatic N) is 2. The van der Waals surface area contributed by atoms with Gasteiger partial charge in [-0.2, -0.15) is 5.10 Å². The second-order valence-electron chi connectivity index (χ2n) is 6.85. The van der Waals surface area contributed by atoms with Gasteiger partial charge in [-0.05, 0) is 43.2 Å². The van der Waals surface area contributed by atoms with E-state index in [1.165, 1.54) is 16.8 Å². The third-order valence-electron chi connectivity index (χ3n) is 5.30. The fraction of sp³-hybridized carbons (Fsp3) is 0.550. The molecule has 0 amide bonds. The van der Waals surface area contributed by atoms with Crippen LogP contribution in [0.4, 0.5) is 0 Å². The van der Waals surface area contributed by atoms with Crippen LogP contribution in [0.3, 0.4) is 0 Å². The van der Waals surface area contributed by atoms with E-state index in [1.807, 2.05) is 17.8 Å². The van der Waals surface area contributed by atoms with Gasteiger partial charge in [0.05, 0.1) is 5.69 Å². The van der Waals surface area contributed by atoms with Gasteiger partial charge in [0.2, 0.25) is 0 Å². The molecule has 1 aliphatic rings. The smallest absolute Gasteiger partial charge is 0.102 e. The van der Waals surface area contributed by atoms with E-state index in [9.17, 15) is 5.11 Å². The summed E-state index contributed by atoms with van der Waals surface area (Å²) < 4.78 is 2.00. The van der Waals surface area contributed by atoms with Crippen molar-refractivity contribution in [2.24, 2.45) is 7.05 Å². The lowest BCUT2D eigenvalue weighted by Crippen LogP contribution is -2.40. The van der Waals surface area contributed by atoms with Gasteiger partial charge in [-0.15, -0.1) is 0 Å². The Morgan fingerprint density at radius 2 is 2.04 bits per heavy atom. The van der Waals surface area contributed by atoms with Gasteiger partial charge in [-0.1, -0.05) is 38.1 Å². The van der Waals surface area contributed by atoms with Crippen molar-refractivity contribution in [2.45, 2.75) is 58.1 Å². The van der Waals surface area contributed by atoms with Crippen molar-refractivity contribution < 1.29 is 5.11 Å². The van der Waals surface area contributed by atoms with Gasteiger partial charge in [-0.25, -0.2) is 0 Å². The van der Waals surface area contributed by atoms with E-state index < -0.39 is 5.60 Å². The van der Waals surface area contributed by atoms with E-state index in [2.05, 4.69) is 42.5 Å². The van der Waals surface area contributed by atoms with Crippen LogP contribution in [0.25, 0.3) is 0 Å². The van der Waals surface area contributed by atoms with Crippen molar-refractivity contribution in [1.82, 2.24) is 15.1 Å². The predicted molar refractivity (Wildman–Crippen MR) is 96.9 cm³/mol. The van der Waals surface area contributed by atoms with Crippen molar-refractivity contribution in [1.29, 1.82) is 0 Å². The fourth-order valence-corrected chi connectivity index (χ4v) is 4.07. The molecule has 4 heteroatoms. The summed E-state index contributed by atoms with van der Waals surface area (Å²) in [6, 6.07) is 8.31. The first-order valence-electron chi connectivity index (χ1n) is 9.14. The van der Waals surface area contributed by atoms with Crippen LogP contribution in [0.15, 0.2) is 24.3 Å². The molecule has 2 N–H and O–H groups in total. The Morgan fingerprint density at radius 3 is 2.79 bits per heavy atom. The molecule has 1 heterocycles. The number of nitrogens with one attached hydrogen (secondary N) is 1. The van der Waals surface area contributed by atoms with Crippen molar-refractivity contribution in [3.63, 3.8) is 0 Å². The van der Waals surface area contributed by atoms with Gasteiger partial charge in [0.1, 0.15) is 5.60 Å². The highest BCUT2D eigenvalue weighted by molar-refractivity contribution is 5.35. The van der Waals surface area contributed by atoms with Crippen molar-refractivity contribution in [3.8, 4) is 0 Å². The molecule has 130 valence electrons. The van der Waals surface area contributed by atoms with Crippen LogP contribution in [0.2, 0.25) is 0 Å². The second-order valence-corrected chi connectivity index (χ2v) is 6.85. The second kappa shape index (κ2) is 7.08. The fourth-order valence-electron chi connectivity index (χ4n) is 4.07. The number of hydrogen-bond acceptors (Lipinski definition) is 3. The first-order valence-corrected chi connectivity index (χ1v) is 9.14. The standard InChI is InChI=1S/C20H29N3O/c1-4-18-16(19(5-2)23(3)22-18)13-21-14-20(24)12-8-10-15-9-6-7-11-17(15)20/h6-7,9,11,21,24H,4-5,8,10,12-14H2,1-3H3. The molecule has 0 spiro atoms. The number of benzene rings is 1. The summed E-state index contributed by atoms with van der Waals surface area (Å²) in [5.74, 6) is 0. The molecule has 1 aliphatic carbocycles. The molecule has 24 heavy (non-hydrogen) atoms. The number of hydrogen-bond donors (Lipinski definition) is 2. The van der Waals surface area contributed by atoms with Crippen LogP contribution < -0.4 is 5.32 Å². The van der Waals surface area contributed by atoms with Crippen LogP contribution in [0, 0.1) is 0 Å². The highest BCUT2D eigenvalue weighted by Gasteiger charge is 2.33. The number of rotatable bonds is 6. The lowest BCUT2D eigenvalue weighted by Gasteiger charge is -2.34. The van der Waals surface area contributed by atoms with Crippen molar-refractivity contribution in [3.05, 3.63) is 52.3 Å². The molecule has 1 aromatic carbocycles. The third-order valence-corrected chi connectivity index (χ3v) is 5.30. The zero-order valence-electron chi connectivity index (χ0n) is 15.1. The van der Waals surface area contributed by atoms with Gasteiger partial charge in [-0.3, -0.25) is 4.68 Å². The van der Waals surface area contributed by atoms with Crippen LogP contribution in [0.1, 0.15) is 54.8 Å². The average molecular weight is 327 g/mol. The molecule has 3 rings (SSSR count). The molecule has 4 nitrogen and oxygen atoms in total. The predicted octanol–water partition coefficient (Wildman–Crippen LogP) is 2.86. The summed E-state index contributed by atoms with van der Waals surface area (Å²) in [7, 11) is 2.02. The van der Waals surface area contributed by atoms with Gasteiger partial charge < -0.3 is 10.4 Å². The van der Waals surface area contributed by atoms with E-state index in [1.54, 1.807) is 0 Å². The molecule has 2 aromatic rings. The first kappa shape index (κ1) is 17.2. The maximum Gasteiger partial charge on any atom is 0.102 e. The SMILES string of the molecule is CCc1nn(C)c(CC)c1CNCC1(O)CCCc2ccccc21. The Bertz CT molecular complexity index is 707. The van der Waals surface area contributed by atoms with Gasteiger partial charge in [0.15, 0.2) is 0 Å². The summed E-state index contributed by atoms with van der Waals surface area (Å²) in [5, 5.41) is 19.3. The van der Waals surface area contributed by atoms with Gasteiger partial charge >= 0.3 is 0 Å². The minimum absolute atomic E-state index is 0.589. The van der Waals surface area contributed by atoms with E-state index in [-0.39, 0.29) is 0 Å². The normalized spacial score (nSPS) is 20.2. The molecule has 0 bridgehead atoms. The van der Waals surface area contributed by atoms with E-state index in [0.29, 0.717) is 6.54 Å². The van der Waals surface area contributed by atoms with E-state index in [0.717, 1.165) is 49.9 Å². The minimum atomic E-state index is -0.754. The zero-order chi connectivity index (χ0) is 17.2. The number of fused-ring (bicyclic) bond motifs is 1. The largest absolute Gasteiger partial charge is 0.384 e. The minimum Gasteiger partial charge on any atom is -0.384 e. The van der Waals surface area contributed by atoms with Crippen LogP contribution in [-0.2, 0) is 38.5 Å². The van der Waals surface area contributed by atoms with Gasteiger partial charge in [0.25, 0.3) is 0 Å². The summed E-state index contributed by atoms with van der Waals surface area (Å²) in [4.78, 5) is 0. The average Bonchev–Trinajstić information content (AvgIpc) is 2.90. The third kappa shape index (κ3) is 3.13. The van der Waals surface area contributed by atoms with Crippen molar-refractivity contribution in [2.75, 3.05) is 6.54 Å². The topological polar surface area (TPSA) is 50.1 Å². The molecule has 0 saturated heterocycles. The Balaban J connectivity index is 1.74. The lowest BCUT2D eigenvalue weighted by atomic mass is 9.79. The maximum absolute atomic E-state index is 11.2. The monoisotopic (exact) mass is 327 g/mol. The zero-order valence-corrected chi connectivity index (χ0v) is 15.1. The number of aryl methyl sites for hydroxylation is 3. The lowest BCUT2D eigenvalue weighted by molar-refractivity contribution is 0.0189. The molecule has 0 aliphatic heterocycles. The summed E-state index contributed by atoms with van der Waals surface area (Å²) in [5.41, 5.74) is 5.39. The summed E-state index contributed by atoms with van der Waals surface area (Å²) >= 11 is 0. The first-order chi connectivity index (χ1) is 11.6. The Kier molecular flexibility index (Phi) is 5.07. The van der Waals surface area contributed by atoms with Crippen LogP contribution >= 0.6 is 0 Å². The Hall–Kier alpha value is -1.65. The molecule has 0 radical (unpaired) electrons. The highest BCUT2D eigenvalue weighted by Crippen LogP contribution is 2.34. The van der Waals surface area contributed by atoms with E-state index in [4.69, 9.17) is 0 Å². The van der Waals surface area contributed by atoms with E-state index >= 15 is 0 Å². The number of aromatic nitrogens is 2. The Morgan fingerprint density at radius 1 is 1.25 bits per heavy atom. The summed E-state index contributed by atoms with van der Waals surface area (Å²) in [6.07, 6.45) is 4.86. The molecule has 1 unspecified atom stereocenters. The molecule has 0 fully saturated rings. The molecule has 0 saturated carbocycles. The van der Waals surface area contributed by atoms with Crippen LogP contribution in [-0.4, -0.2) is 21.4 Å². The highest BCUT2D eigenvalue weighted by atomic mass is 16.3. The van der Waals surface area contributed by atoms with Gasteiger partial charge in [0, 0.05) is 31.4 Å². The Labute approximate surface area is 144 Å². The molecular formula is C20H29N3O. The molecule has 1 aromatic heterocycles. The number of aliphatic hydroxyl groups is 1. The molecular weight excluding hydrogens is 298 g/mol. The summed E-state index contributed by atoms with van der Waals surface area (Å²) in [6.45, 7) is 5.68. The van der Waals surface area contributed by atoms with Crippen molar-refractivity contribution >= 4 is 0 Å².